The number of ether oxygens (including phenoxy) is 1. The van der Waals surface area contributed by atoms with Crippen LogP contribution in [0.4, 0.5) is 17.6 Å². The van der Waals surface area contributed by atoms with Gasteiger partial charge < -0.3 is 4.74 Å². The molecule has 1 aliphatic carbocycles. The van der Waals surface area contributed by atoms with E-state index in [1.165, 1.54) is 12.1 Å². The number of benzene rings is 2. The molecule has 150 valence electrons. The molecular formula is C21H20F4O2S. The van der Waals surface area contributed by atoms with Gasteiger partial charge in [0, 0.05) is 0 Å². The third-order valence-electron chi connectivity index (χ3n) is 4.93. The molecular weight excluding hydrogens is 392 g/mol. The minimum Gasteiger partial charge on any atom is -0.459 e. The van der Waals surface area contributed by atoms with Crippen LogP contribution in [-0.2, 0) is 11.2 Å². The van der Waals surface area contributed by atoms with E-state index >= 15 is 0 Å². The first-order chi connectivity index (χ1) is 13.4. The predicted octanol–water partition coefficient (Wildman–Crippen LogP) is 6.24. The van der Waals surface area contributed by atoms with Gasteiger partial charge in [-0.2, -0.15) is 8.78 Å². The average Bonchev–Trinajstić information content (AvgIpc) is 2.69. The summed E-state index contributed by atoms with van der Waals surface area (Å²) in [5.74, 6) is -5.29. The molecule has 0 bridgehead atoms. The predicted molar refractivity (Wildman–Crippen MR) is 99.5 cm³/mol. The molecule has 0 spiro atoms. The van der Waals surface area contributed by atoms with E-state index in [0.717, 1.165) is 12.8 Å². The number of hydrogen-bond donors (Lipinski definition) is 0. The van der Waals surface area contributed by atoms with Gasteiger partial charge in [0.2, 0.25) is 0 Å². The van der Waals surface area contributed by atoms with E-state index in [2.05, 4.69) is 0 Å². The van der Waals surface area contributed by atoms with Crippen molar-refractivity contribution in [2.24, 2.45) is 5.92 Å². The molecule has 1 aliphatic rings. The van der Waals surface area contributed by atoms with Crippen LogP contribution >= 0.6 is 11.8 Å². The number of hydrogen-bond acceptors (Lipinski definition) is 3. The van der Waals surface area contributed by atoms with Crippen LogP contribution in [0.3, 0.4) is 0 Å². The molecule has 0 saturated heterocycles. The summed E-state index contributed by atoms with van der Waals surface area (Å²) in [5, 5.41) is 0. The van der Waals surface area contributed by atoms with Crippen molar-refractivity contribution in [1.82, 2.24) is 0 Å². The highest BCUT2D eigenvalue weighted by Crippen LogP contribution is 2.33. The summed E-state index contributed by atoms with van der Waals surface area (Å²) in [4.78, 5) is 11.7. The first-order valence-electron chi connectivity index (χ1n) is 9.11. The molecule has 2 nitrogen and oxygen atoms in total. The Morgan fingerprint density at radius 2 is 1.68 bits per heavy atom. The van der Waals surface area contributed by atoms with Gasteiger partial charge in [-0.25, -0.2) is 13.6 Å². The fourth-order valence-corrected chi connectivity index (χ4v) is 4.01. The zero-order chi connectivity index (χ0) is 20.1. The SMILES string of the molecule is O=C(OC1CCC(Cc2ccc(SC(F)F)c(F)c2F)CC1)c1ccccc1. The quantitative estimate of drug-likeness (QED) is 0.319. The molecule has 0 unspecified atom stereocenters. The number of rotatable bonds is 6. The molecule has 0 heterocycles. The largest absolute Gasteiger partial charge is 0.459 e. The lowest BCUT2D eigenvalue weighted by atomic mass is 9.83. The lowest BCUT2D eigenvalue weighted by Crippen LogP contribution is -2.25. The van der Waals surface area contributed by atoms with Gasteiger partial charge in [-0.3, -0.25) is 0 Å². The Labute approximate surface area is 165 Å². The molecule has 1 fully saturated rings. The fourth-order valence-electron chi connectivity index (χ4n) is 3.47. The van der Waals surface area contributed by atoms with Gasteiger partial charge in [0.15, 0.2) is 11.6 Å². The van der Waals surface area contributed by atoms with Gasteiger partial charge in [-0.15, -0.1) is 0 Å². The van der Waals surface area contributed by atoms with Crippen molar-refractivity contribution in [1.29, 1.82) is 0 Å². The summed E-state index contributed by atoms with van der Waals surface area (Å²) >= 11 is 0.00129. The summed E-state index contributed by atoms with van der Waals surface area (Å²) in [6.45, 7) is 0. The first kappa shape index (κ1) is 20.7. The zero-order valence-electron chi connectivity index (χ0n) is 15.0. The highest BCUT2D eigenvalue weighted by molar-refractivity contribution is 7.99. The van der Waals surface area contributed by atoms with Gasteiger partial charge in [-0.1, -0.05) is 36.0 Å². The molecule has 1 saturated carbocycles. The van der Waals surface area contributed by atoms with Crippen molar-refractivity contribution < 1.29 is 27.1 Å². The monoisotopic (exact) mass is 412 g/mol. The Morgan fingerprint density at radius 3 is 2.32 bits per heavy atom. The molecule has 0 amide bonds. The Morgan fingerprint density at radius 1 is 1.00 bits per heavy atom. The molecule has 0 aromatic heterocycles. The number of alkyl halides is 2. The average molecular weight is 412 g/mol. The van der Waals surface area contributed by atoms with Crippen LogP contribution in [0.25, 0.3) is 0 Å². The van der Waals surface area contributed by atoms with Crippen LogP contribution in [-0.4, -0.2) is 17.8 Å². The van der Waals surface area contributed by atoms with Crippen LogP contribution < -0.4 is 0 Å². The van der Waals surface area contributed by atoms with Crippen LogP contribution in [0.1, 0.15) is 41.6 Å². The lowest BCUT2D eigenvalue weighted by molar-refractivity contribution is 0.0165. The van der Waals surface area contributed by atoms with Gasteiger partial charge >= 0.3 is 5.97 Å². The zero-order valence-corrected chi connectivity index (χ0v) is 15.9. The molecule has 0 aliphatic heterocycles. The lowest BCUT2D eigenvalue weighted by Gasteiger charge is -2.28. The van der Waals surface area contributed by atoms with Crippen molar-refractivity contribution in [3.8, 4) is 0 Å². The molecule has 2 aromatic rings. The van der Waals surface area contributed by atoms with Crippen molar-refractivity contribution in [2.45, 2.75) is 48.9 Å². The van der Waals surface area contributed by atoms with Crippen molar-refractivity contribution in [3.05, 3.63) is 65.2 Å². The van der Waals surface area contributed by atoms with Gasteiger partial charge in [-0.05, 0) is 61.8 Å². The van der Waals surface area contributed by atoms with Crippen molar-refractivity contribution in [3.63, 3.8) is 0 Å². The molecule has 28 heavy (non-hydrogen) atoms. The van der Waals surface area contributed by atoms with Crippen LogP contribution in [0, 0.1) is 17.6 Å². The van der Waals surface area contributed by atoms with Gasteiger partial charge in [0.1, 0.15) is 6.10 Å². The third-order valence-corrected chi connectivity index (χ3v) is 5.68. The molecule has 2 aromatic carbocycles. The van der Waals surface area contributed by atoms with Gasteiger partial charge in [0.25, 0.3) is 5.76 Å². The fraction of sp³-hybridized carbons (Fsp3) is 0.381. The second-order valence-corrected chi connectivity index (χ2v) is 7.88. The Kier molecular flexibility index (Phi) is 6.99. The van der Waals surface area contributed by atoms with Crippen LogP contribution in [0.2, 0.25) is 0 Å². The van der Waals surface area contributed by atoms with E-state index < -0.39 is 17.4 Å². The van der Waals surface area contributed by atoms with Crippen molar-refractivity contribution >= 4 is 17.7 Å². The Balaban J connectivity index is 1.53. The summed E-state index contributed by atoms with van der Waals surface area (Å²) < 4.78 is 58.4. The summed E-state index contributed by atoms with van der Waals surface area (Å²) in [7, 11) is 0. The first-order valence-corrected chi connectivity index (χ1v) is 9.99. The third kappa shape index (κ3) is 5.28. The normalized spacial score (nSPS) is 19.6. The smallest absolute Gasteiger partial charge is 0.338 e. The highest BCUT2D eigenvalue weighted by atomic mass is 32.2. The number of carbonyl (C=O) groups excluding carboxylic acids is 1. The van der Waals surface area contributed by atoms with E-state index in [-0.39, 0.29) is 40.2 Å². The maximum Gasteiger partial charge on any atom is 0.338 e. The van der Waals surface area contributed by atoms with Crippen LogP contribution in [0.15, 0.2) is 47.4 Å². The minimum absolute atomic E-state index is 0.00129. The summed E-state index contributed by atoms with van der Waals surface area (Å²) in [5.41, 5.74) is 0.699. The van der Waals surface area contributed by atoms with E-state index in [0.29, 0.717) is 24.8 Å². The van der Waals surface area contributed by atoms with Gasteiger partial charge in [0.05, 0.1) is 10.5 Å². The topological polar surface area (TPSA) is 26.3 Å². The molecule has 0 radical (unpaired) electrons. The maximum atomic E-state index is 14.2. The standard InChI is InChI=1S/C21H20F4O2S/c22-18-15(8-11-17(19(18)23)28-21(24)25)12-13-6-9-16(10-7-13)27-20(26)14-4-2-1-3-5-14/h1-5,8,11,13,16,21H,6-7,9-10,12H2. The molecule has 0 N–H and O–H groups in total. The van der Waals surface area contributed by atoms with E-state index in [9.17, 15) is 22.4 Å². The molecule has 0 atom stereocenters. The maximum absolute atomic E-state index is 14.2. The van der Waals surface area contributed by atoms with E-state index in [4.69, 9.17) is 4.74 Å². The number of carbonyl (C=O) groups is 1. The number of esters is 1. The summed E-state index contributed by atoms with van der Waals surface area (Å²) in [6, 6.07) is 11.3. The van der Waals surface area contributed by atoms with Crippen molar-refractivity contribution in [2.75, 3.05) is 0 Å². The highest BCUT2D eigenvalue weighted by Gasteiger charge is 2.26. The minimum atomic E-state index is -2.80. The van der Waals surface area contributed by atoms with E-state index in [1.807, 2.05) is 6.07 Å². The van der Waals surface area contributed by atoms with Crippen LogP contribution in [0.5, 0.6) is 0 Å². The molecule has 3 rings (SSSR count). The summed E-state index contributed by atoms with van der Waals surface area (Å²) in [6.07, 6.45) is 2.92. The Hall–Kier alpha value is -2.02. The second kappa shape index (κ2) is 9.45. The van der Waals surface area contributed by atoms with E-state index in [1.54, 1.807) is 24.3 Å². The Bertz CT molecular complexity index is 806. The number of halogens is 4. The molecule has 7 heteroatoms. The second-order valence-electron chi connectivity index (χ2n) is 6.85. The number of thioether (sulfide) groups is 1.